The van der Waals surface area contributed by atoms with E-state index in [0.717, 1.165) is 11.3 Å². The second-order valence-corrected chi connectivity index (χ2v) is 6.83. The number of rotatable bonds is 4. The van der Waals surface area contributed by atoms with Gasteiger partial charge in [0.05, 0.1) is 7.11 Å². The van der Waals surface area contributed by atoms with Crippen LogP contribution in [0.4, 0.5) is 11.4 Å². The quantitative estimate of drug-likeness (QED) is 0.900. The number of carbonyl (C=O) groups is 1. The molecule has 0 aliphatic carbocycles. The van der Waals surface area contributed by atoms with Gasteiger partial charge >= 0.3 is 0 Å². The fourth-order valence-electron chi connectivity index (χ4n) is 2.50. The van der Waals surface area contributed by atoms with Crippen LogP contribution in [0.3, 0.4) is 0 Å². The number of hydrogen-bond donors (Lipinski definition) is 2. The molecule has 0 atom stereocenters. The maximum Gasteiger partial charge on any atom is 0.265 e. The molecular formula is C16H16N2O4S. The van der Waals surface area contributed by atoms with Crippen molar-refractivity contribution in [3.63, 3.8) is 0 Å². The smallest absolute Gasteiger partial charge is 0.265 e. The van der Waals surface area contributed by atoms with Gasteiger partial charge in [-0.1, -0.05) is 12.1 Å². The number of benzene rings is 2. The molecule has 0 saturated carbocycles. The molecule has 0 aromatic heterocycles. The lowest BCUT2D eigenvalue weighted by atomic mass is 10.0. The third-order valence-corrected chi connectivity index (χ3v) is 5.03. The first-order valence-electron chi connectivity index (χ1n) is 7.08. The largest absolute Gasteiger partial charge is 0.495 e. The van der Waals surface area contributed by atoms with Crippen LogP contribution < -0.4 is 14.8 Å². The highest BCUT2D eigenvalue weighted by atomic mass is 32.2. The summed E-state index contributed by atoms with van der Waals surface area (Å²) < 4.78 is 32.7. The van der Waals surface area contributed by atoms with Crippen molar-refractivity contribution in [3.8, 4) is 5.75 Å². The molecule has 0 unspecified atom stereocenters. The number of nitrogens with one attached hydrogen (secondary N) is 2. The Morgan fingerprint density at radius 3 is 2.70 bits per heavy atom. The summed E-state index contributed by atoms with van der Waals surface area (Å²) in [6, 6.07) is 11.5. The molecule has 0 fully saturated rings. The Morgan fingerprint density at radius 2 is 1.91 bits per heavy atom. The molecule has 2 aromatic rings. The lowest BCUT2D eigenvalue weighted by molar-refractivity contribution is -0.116. The van der Waals surface area contributed by atoms with Crippen LogP contribution in [-0.4, -0.2) is 21.4 Å². The van der Waals surface area contributed by atoms with Gasteiger partial charge in [0, 0.05) is 17.8 Å². The molecule has 1 aliphatic rings. The fourth-order valence-corrected chi connectivity index (χ4v) is 3.72. The summed E-state index contributed by atoms with van der Waals surface area (Å²) in [7, 11) is -2.33. The SMILES string of the molecule is COc1ccccc1S(=O)(=O)Nc1ccc2c(c1)CCC(=O)N2. The van der Waals surface area contributed by atoms with E-state index in [0.29, 0.717) is 18.5 Å². The molecule has 7 heteroatoms. The van der Waals surface area contributed by atoms with Crippen LogP contribution in [-0.2, 0) is 21.2 Å². The molecule has 1 heterocycles. The summed E-state index contributed by atoms with van der Waals surface area (Å²) in [5, 5.41) is 2.76. The van der Waals surface area contributed by atoms with Gasteiger partial charge in [0.2, 0.25) is 5.91 Å². The maximum absolute atomic E-state index is 12.5. The topological polar surface area (TPSA) is 84.5 Å². The molecule has 0 radical (unpaired) electrons. The lowest BCUT2D eigenvalue weighted by Crippen LogP contribution is -2.19. The second-order valence-electron chi connectivity index (χ2n) is 5.18. The van der Waals surface area contributed by atoms with Gasteiger partial charge in [0.25, 0.3) is 10.0 Å². The molecule has 1 amide bonds. The summed E-state index contributed by atoms with van der Waals surface area (Å²) >= 11 is 0. The van der Waals surface area contributed by atoms with E-state index in [1.165, 1.54) is 13.2 Å². The number of hydrogen-bond acceptors (Lipinski definition) is 4. The fraction of sp³-hybridized carbons (Fsp3) is 0.188. The first-order valence-corrected chi connectivity index (χ1v) is 8.56. The van der Waals surface area contributed by atoms with Gasteiger partial charge < -0.3 is 10.1 Å². The Morgan fingerprint density at radius 1 is 1.13 bits per heavy atom. The molecule has 3 rings (SSSR count). The summed E-state index contributed by atoms with van der Waals surface area (Å²) in [6.45, 7) is 0. The maximum atomic E-state index is 12.5. The summed E-state index contributed by atoms with van der Waals surface area (Å²) in [4.78, 5) is 11.4. The van der Waals surface area contributed by atoms with Crippen molar-refractivity contribution in [2.45, 2.75) is 17.7 Å². The Bertz CT molecular complexity index is 862. The zero-order valence-corrected chi connectivity index (χ0v) is 13.3. The molecule has 0 bridgehead atoms. The van der Waals surface area contributed by atoms with Crippen molar-refractivity contribution in [1.29, 1.82) is 0 Å². The highest BCUT2D eigenvalue weighted by Crippen LogP contribution is 2.29. The van der Waals surface area contributed by atoms with Crippen molar-refractivity contribution in [2.75, 3.05) is 17.1 Å². The number of amides is 1. The van der Waals surface area contributed by atoms with E-state index < -0.39 is 10.0 Å². The monoisotopic (exact) mass is 332 g/mol. The van der Waals surface area contributed by atoms with Crippen LogP contribution in [0.5, 0.6) is 5.75 Å². The van der Waals surface area contributed by atoms with Gasteiger partial charge in [0.1, 0.15) is 10.6 Å². The van der Waals surface area contributed by atoms with Gasteiger partial charge in [-0.25, -0.2) is 8.42 Å². The molecule has 23 heavy (non-hydrogen) atoms. The number of fused-ring (bicyclic) bond motifs is 1. The summed E-state index contributed by atoms with van der Waals surface area (Å²) in [5.41, 5.74) is 2.08. The van der Waals surface area contributed by atoms with Crippen LogP contribution in [0.15, 0.2) is 47.4 Å². The molecule has 0 spiro atoms. The summed E-state index contributed by atoms with van der Waals surface area (Å²) in [6.07, 6.45) is 0.987. The molecule has 1 aliphatic heterocycles. The van der Waals surface area contributed by atoms with Crippen LogP contribution in [0, 0.1) is 0 Å². The van der Waals surface area contributed by atoms with E-state index in [9.17, 15) is 13.2 Å². The van der Waals surface area contributed by atoms with E-state index in [1.807, 2.05) is 0 Å². The molecule has 2 aromatic carbocycles. The van der Waals surface area contributed by atoms with Crippen molar-refractivity contribution >= 4 is 27.3 Å². The number of carbonyl (C=O) groups excluding carboxylic acids is 1. The number of para-hydroxylation sites is 1. The molecule has 6 nitrogen and oxygen atoms in total. The van der Waals surface area contributed by atoms with E-state index >= 15 is 0 Å². The van der Waals surface area contributed by atoms with Crippen molar-refractivity contribution < 1.29 is 17.9 Å². The van der Waals surface area contributed by atoms with Crippen LogP contribution in [0.1, 0.15) is 12.0 Å². The van der Waals surface area contributed by atoms with Gasteiger partial charge in [-0.15, -0.1) is 0 Å². The Hall–Kier alpha value is -2.54. The standard InChI is InChI=1S/C16H16N2O4S/c1-22-14-4-2-3-5-15(14)23(20,21)18-12-7-8-13-11(10-12)6-9-16(19)17-13/h2-5,7-8,10,18H,6,9H2,1H3,(H,17,19). The van der Waals surface area contributed by atoms with Crippen molar-refractivity contribution in [3.05, 3.63) is 48.0 Å². The van der Waals surface area contributed by atoms with Crippen LogP contribution >= 0.6 is 0 Å². The molecular weight excluding hydrogens is 316 g/mol. The van der Waals surface area contributed by atoms with Gasteiger partial charge in [-0.05, 0) is 42.3 Å². The van der Waals surface area contributed by atoms with Gasteiger partial charge in [0.15, 0.2) is 0 Å². The zero-order valence-electron chi connectivity index (χ0n) is 12.5. The minimum Gasteiger partial charge on any atom is -0.495 e. The molecule has 120 valence electrons. The molecule has 0 saturated heterocycles. The third-order valence-electron chi connectivity index (χ3n) is 3.61. The van der Waals surface area contributed by atoms with Gasteiger partial charge in [-0.3, -0.25) is 9.52 Å². The number of anilines is 2. The average molecular weight is 332 g/mol. The normalized spacial score (nSPS) is 13.9. The van der Waals surface area contributed by atoms with Crippen molar-refractivity contribution in [2.24, 2.45) is 0 Å². The third kappa shape index (κ3) is 3.14. The minimum atomic E-state index is -3.76. The lowest BCUT2D eigenvalue weighted by Gasteiger charge is -2.18. The van der Waals surface area contributed by atoms with E-state index in [-0.39, 0.29) is 16.6 Å². The summed E-state index contributed by atoms with van der Waals surface area (Å²) in [5.74, 6) is 0.255. The number of aryl methyl sites for hydroxylation is 1. The minimum absolute atomic E-state index is 0.0279. The predicted octanol–water partition coefficient (Wildman–Crippen LogP) is 2.38. The van der Waals surface area contributed by atoms with E-state index in [1.54, 1.807) is 36.4 Å². The zero-order chi connectivity index (χ0) is 16.4. The Kier molecular flexibility index (Phi) is 3.96. The van der Waals surface area contributed by atoms with E-state index in [2.05, 4.69) is 10.0 Å². The average Bonchev–Trinajstić information content (AvgIpc) is 2.54. The number of methoxy groups -OCH3 is 1. The highest BCUT2D eigenvalue weighted by Gasteiger charge is 2.20. The van der Waals surface area contributed by atoms with Gasteiger partial charge in [-0.2, -0.15) is 0 Å². The predicted molar refractivity (Wildman–Crippen MR) is 87.2 cm³/mol. The first-order chi connectivity index (χ1) is 11.0. The Balaban J connectivity index is 1.91. The Labute approximate surface area is 134 Å². The number of sulfonamides is 1. The first kappa shape index (κ1) is 15.4. The van der Waals surface area contributed by atoms with Crippen molar-refractivity contribution in [1.82, 2.24) is 0 Å². The van der Waals surface area contributed by atoms with E-state index in [4.69, 9.17) is 4.74 Å². The molecule has 2 N–H and O–H groups in total. The highest BCUT2D eigenvalue weighted by molar-refractivity contribution is 7.92. The van der Waals surface area contributed by atoms with Crippen LogP contribution in [0.2, 0.25) is 0 Å². The second kappa shape index (κ2) is 5.92. The van der Waals surface area contributed by atoms with Crippen LogP contribution in [0.25, 0.3) is 0 Å². The number of ether oxygens (including phenoxy) is 1.